The molecule has 1 unspecified atom stereocenters. The maximum absolute atomic E-state index is 14.4. The Morgan fingerprint density at radius 1 is 1.38 bits per heavy atom. The molecular formula is C18H28Cl2FN3O2. The Kier molecular flexibility index (Phi) is 8.60. The molecule has 5 nitrogen and oxygen atoms in total. The summed E-state index contributed by atoms with van der Waals surface area (Å²) in [5.74, 6) is -0.308. The van der Waals surface area contributed by atoms with Crippen molar-refractivity contribution < 1.29 is 14.3 Å². The van der Waals surface area contributed by atoms with E-state index in [1.807, 2.05) is 17.9 Å². The van der Waals surface area contributed by atoms with E-state index in [0.717, 1.165) is 24.9 Å². The molecule has 2 heterocycles. The lowest BCUT2D eigenvalue weighted by Gasteiger charge is -2.31. The topological polar surface area (TPSA) is 64.6 Å². The van der Waals surface area contributed by atoms with Crippen LogP contribution in [-0.4, -0.2) is 42.3 Å². The summed E-state index contributed by atoms with van der Waals surface area (Å²) >= 11 is 0. The maximum atomic E-state index is 14.4. The number of amides is 1. The molecule has 1 amide bonds. The van der Waals surface area contributed by atoms with Gasteiger partial charge in [-0.15, -0.1) is 24.8 Å². The second kappa shape index (κ2) is 9.74. The molecule has 2 saturated heterocycles. The van der Waals surface area contributed by atoms with Crippen molar-refractivity contribution in [3.63, 3.8) is 0 Å². The van der Waals surface area contributed by atoms with Crippen molar-refractivity contribution in [3.8, 4) is 0 Å². The monoisotopic (exact) mass is 407 g/mol. The van der Waals surface area contributed by atoms with Gasteiger partial charge < -0.3 is 20.6 Å². The van der Waals surface area contributed by atoms with Crippen LogP contribution < -0.4 is 15.5 Å². The molecular weight excluding hydrogens is 380 g/mol. The maximum Gasteiger partial charge on any atom is 0.240 e. The molecule has 0 radical (unpaired) electrons. The zero-order chi connectivity index (χ0) is 17.2. The van der Waals surface area contributed by atoms with Crippen LogP contribution in [0.1, 0.15) is 38.2 Å². The van der Waals surface area contributed by atoms with Gasteiger partial charge >= 0.3 is 0 Å². The van der Waals surface area contributed by atoms with Crippen molar-refractivity contribution in [2.75, 3.05) is 24.5 Å². The number of nitrogens with one attached hydrogen (secondary N) is 2. The Morgan fingerprint density at radius 3 is 2.65 bits per heavy atom. The number of piperidine rings is 1. The molecule has 0 saturated carbocycles. The molecule has 2 aliphatic rings. The van der Waals surface area contributed by atoms with Crippen LogP contribution in [0.4, 0.5) is 10.1 Å². The average Bonchev–Trinajstić information content (AvgIpc) is 3.02. The van der Waals surface area contributed by atoms with Gasteiger partial charge in [0.25, 0.3) is 0 Å². The van der Waals surface area contributed by atoms with Gasteiger partial charge in [-0.05, 0) is 56.8 Å². The molecule has 2 aliphatic heterocycles. The van der Waals surface area contributed by atoms with E-state index in [9.17, 15) is 14.3 Å². The van der Waals surface area contributed by atoms with E-state index < -0.39 is 5.54 Å². The SMILES string of the molecule is CC1(C(=O)NCc2ccc(N3CCC(O)CC3)c(F)c2)CCCN1.Cl.Cl. The molecule has 0 spiro atoms. The predicted molar refractivity (Wildman–Crippen MR) is 106 cm³/mol. The third-order valence-corrected chi connectivity index (χ3v) is 5.14. The summed E-state index contributed by atoms with van der Waals surface area (Å²) in [6.45, 7) is 4.42. The molecule has 8 heteroatoms. The summed E-state index contributed by atoms with van der Waals surface area (Å²) in [5, 5.41) is 15.7. The molecule has 1 aromatic rings. The Labute approximate surface area is 166 Å². The van der Waals surface area contributed by atoms with E-state index in [4.69, 9.17) is 0 Å². The lowest BCUT2D eigenvalue weighted by atomic mass is 9.99. The number of hydrogen-bond donors (Lipinski definition) is 3. The molecule has 2 fully saturated rings. The van der Waals surface area contributed by atoms with Crippen molar-refractivity contribution in [1.82, 2.24) is 10.6 Å². The third-order valence-electron chi connectivity index (χ3n) is 5.14. The fourth-order valence-corrected chi connectivity index (χ4v) is 3.49. The van der Waals surface area contributed by atoms with Gasteiger partial charge in [0.15, 0.2) is 0 Å². The van der Waals surface area contributed by atoms with Crippen LogP contribution in [0.3, 0.4) is 0 Å². The summed E-state index contributed by atoms with van der Waals surface area (Å²) in [6.07, 6.45) is 2.89. The fourth-order valence-electron chi connectivity index (χ4n) is 3.49. The van der Waals surface area contributed by atoms with Gasteiger partial charge in [0.2, 0.25) is 5.91 Å². The lowest BCUT2D eigenvalue weighted by Crippen LogP contribution is -2.50. The molecule has 3 N–H and O–H groups in total. The number of halogens is 3. The van der Waals surface area contributed by atoms with E-state index in [1.165, 1.54) is 6.07 Å². The van der Waals surface area contributed by atoms with Crippen LogP contribution in [0.15, 0.2) is 18.2 Å². The number of rotatable bonds is 4. The lowest BCUT2D eigenvalue weighted by molar-refractivity contribution is -0.126. The summed E-state index contributed by atoms with van der Waals surface area (Å²) in [4.78, 5) is 14.2. The molecule has 0 aliphatic carbocycles. The molecule has 26 heavy (non-hydrogen) atoms. The van der Waals surface area contributed by atoms with E-state index in [2.05, 4.69) is 10.6 Å². The predicted octanol–water partition coefficient (Wildman–Crippen LogP) is 2.39. The minimum absolute atomic E-state index is 0. The first-order valence-electron chi connectivity index (χ1n) is 8.73. The summed E-state index contributed by atoms with van der Waals surface area (Å²) in [7, 11) is 0. The highest BCUT2D eigenvalue weighted by atomic mass is 35.5. The molecule has 1 aromatic carbocycles. The number of aliphatic hydroxyl groups excluding tert-OH is 1. The molecule has 0 aromatic heterocycles. The van der Waals surface area contributed by atoms with Crippen LogP contribution in [0.25, 0.3) is 0 Å². The molecule has 3 rings (SSSR count). The van der Waals surface area contributed by atoms with E-state index >= 15 is 0 Å². The van der Waals surface area contributed by atoms with Crippen LogP contribution >= 0.6 is 24.8 Å². The smallest absolute Gasteiger partial charge is 0.240 e. The second-order valence-electron chi connectivity index (χ2n) is 7.05. The van der Waals surface area contributed by atoms with Gasteiger partial charge in [0, 0.05) is 19.6 Å². The van der Waals surface area contributed by atoms with Crippen molar-refractivity contribution >= 4 is 36.4 Å². The number of carbonyl (C=O) groups is 1. The number of benzene rings is 1. The number of hydrogen-bond acceptors (Lipinski definition) is 4. The Morgan fingerprint density at radius 2 is 2.08 bits per heavy atom. The summed E-state index contributed by atoms with van der Waals surface area (Å²) in [5.41, 5.74) is 0.817. The van der Waals surface area contributed by atoms with Gasteiger partial charge in [-0.25, -0.2) is 4.39 Å². The van der Waals surface area contributed by atoms with Gasteiger partial charge in [-0.2, -0.15) is 0 Å². The molecule has 0 bridgehead atoms. The quantitative estimate of drug-likeness (QED) is 0.716. The Bertz CT molecular complexity index is 604. The highest BCUT2D eigenvalue weighted by molar-refractivity contribution is 5.86. The minimum atomic E-state index is -0.507. The zero-order valence-corrected chi connectivity index (χ0v) is 16.6. The van der Waals surface area contributed by atoms with Crippen molar-refractivity contribution in [3.05, 3.63) is 29.6 Å². The minimum Gasteiger partial charge on any atom is -0.393 e. The van der Waals surface area contributed by atoms with Gasteiger partial charge in [-0.3, -0.25) is 4.79 Å². The summed E-state index contributed by atoms with van der Waals surface area (Å²) in [6, 6.07) is 5.11. The van der Waals surface area contributed by atoms with Crippen LogP contribution in [0.5, 0.6) is 0 Å². The first-order valence-corrected chi connectivity index (χ1v) is 8.73. The summed E-state index contributed by atoms with van der Waals surface area (Å²) < 4.78 is 14.4. The fraction of sp³-hybridized carbons (Fsp3) is 0.611. The zero-order valence-electron chi connectivity index (χ0n) is 15.0. The first-order chi connectivity index (χ1) is 11.5. The Hall–Kier alpha value is -1.08. The first kappa shape index (κ1) is 23.0. The van der Waals surface area contributed by atoms with E-state index in [-0.39, 0.29) is 42.6 Å². The van der Waals surface area contributed by atoms with Gasteiger partial charge in [-0.1, -0.05) is 6.07 Å². The van der Waals surface area contributed by atoms with Crippen molar-refractivity contribution in [1.29, 1.82) is 0 Å². The largest absolute Gasteiger partial charge is 0.393 e. The standard InChI is InChI=1S/C18H26FN3O2.2ClH/c1-18(7-2-8-21-18)17(24)20-12-13-3-4-16(15(19)11-13)22-9-5-14(23)6-10-22;;/h3-4,11,14,21,23H,2,5-10,12H2,1H3,(H,20,24);2*1H. The van der Waals surface area contributed by atoms with Gasteiger partial charge in [0.05, 0.1) is 17.3 Å². The van der Waals surface area contributed by atoms with E-state index in [1.54, 1.807) is 6.07 Å². The highest BCUT2D eigenvalue weighted by Crippen LogP contribution is 2.24. The van der Waals surface area contributed by atoms with Crippen LogP contribution in [0.2, 0.25) is 0 Å². The Balaban J connectivity index is 0.00000169. The third kappa shape index (κ3) is 5.22. The molecule has 1 atom stereocenters. The highest BCUT2D eigenvalue weighted by Gasteiger charge is 2.35. The number of nitrogens with zero attached hydrogens (tertiary/aromatic N) is 1. The average molecular weight is 408 g/mol. The van der Waals surface area contributed by atoms with Crippen molar-refractivity contribution in [2.24, 2.45) is 0 Å². The van der Waals surface area contributed by atoms with Gasteiger partial charge in [0.1, 0.15) is 5.82 Å². The van der Waals surface area contributed by atoms with E-state index in [0.29, 0.717) is 38.2 Å². The molecule has 148 valence electrons. The normalized spacial score (nSPS) is 23.1. The van der Waals surface area contributed by atoms with Crippen molar-refractivity contribution in [2.45, 2.75) is 50.8 Å². The second-order valence-corrected chi connectivity index (χ2v) is 7.05. The van der Waals surface area contributed by atoms with Crippen LogP contribution in [-0.2, 0) is 11.3 Å². The number of anilines is 1. The number of aliphatic hydroxyl groups is 1. The van der Waals surface area contributed by atoms with Crippen LogP contribution in [0, 0.1) is 5.82 Å². The number of carbonyl (C=O) groups excluding carboxylic acids is 1.